The molecule has 1 unspecified atom stereocenters. The van der Waals surface area contributed by atoms with Gasteiger partial charge in [0.1, 0.15) is 0 Å². The molecule has 1 saturated carbocycles. The highest BCUT2D eigenvalue weighted by molar-refractivity contribution is 5.34. The third-order valence-corrected chi connectivity index (χ3v) is 4.21. The maximum absolute atomic E-state index is 5.77. The lowest BCUT2D eigenvalue weighted by atomic mass is 9.77. The number of hydrogen-bond donors (Lipinski definition) is 2. The highest BCUT2D eigenvalue weighted by atomic mass is 15.2. The van der Waals surface area contributed by atoms with Crippen LogP contribution in [0.1, 0.15) is 75.0 Å². The fourth-order valence-corrected chi connectivity index (χ4v) is 2.85. The van der Waals surface area contributed by atoms with Crippen LogP contribution in [0.4, 0.5) is 0 Å². The molecule has 0 heterocycles. The maximum atomic E-state index is 5.77. The highest BCUT2D eigenvalue weighted by Crippen LogP contribution is 2.40. The molecule has 1 atom stereocenters. The van der Waals surface area contributed by atoms with Crippen molar-refractivity contribution in [3.05, 3.63) is 35.4 Å². The van der Waals surface area contributed by atoms with Gasteiger partial charge in [-0.2, -0.15) is 0 Å². The van der Waals surface area contributed by atoms with Gasteiger partial charge in [-0.25, -0.2) is 0 Å². The molecule has 1 fully saturated rings. The molecule has 0 bridgehead atoms. The molecule has 3 N–H and O–H groups in total. The first kappa shape index (κ1) is 13.6. The van der Waals surface area contributed by atoms with Gasteiger partial charge < -0.3 is 0 Å². The van der Waals surface area contributed by atoms with Crippen molar-refractivity contribution in [1.82, 2.24) is 5.43 Å². The molecule has 0 amide bonds. The second-order valence-electron chi connectivity index (χ2n) is 5.47. The number of nitrogens with one attached hydrogen (secondary N) is 1. The van der Waals surface area contributed by atoms with E-state index in [0.717, 1.165) is 12.3 Å². The van der Waals surface area contributed by atoms with E-state index >= 15 is 0 Å². The monoisotopic (exact) mass is 246 g/mol. The molecule has 0 aliphatic heterocycles. The van der Waals surface area contributed by atoms with Crippen LogP contribution in [0, 0.1) is 0 Å². The summed E-state index contributed by atoms with van der Waals surface area (Å²) in [6, 6.07) is 9.18. The average Bonchev–Trinajstić information content (AvgIpc) is 2.34. The predicted octanol–water partition coefficient (Wildman–Crippen LogP) is 4.04. The zero-order valence-corrected chi connectivity index (χ0v) is 11.5. The van der Waals surface area contributed by atoms with E-state index in [1.807, 2.05) is 0 Å². The van der Waals surface area contributed by atoms with E-state index in [2.05, 4.69) is 36.6 Å². The van der Waals surface area contributed by atoms with Gasteiger partial charge in [-0.3, -0.25) is 11.3 Å². The summed E-state index contributed by atoms with van der Waals surface area (Å²) in [5.41, 5.74) is 5.98. The first-order chi connectivity index (χ1) is 8.86. The van der Waals surface area contributed by atoms with Crippen molar-refractivity contribution in [1.29, 1.82) is 0 Å². The Labute approximate surface area is 111 Å². The summed E-state index contributed by atoms with van der Waals surface area (Å²) in [5.74, 6) is 6.55. The van der Waals surface area contributed by atoms with Crippen LogP contribution in [-0.4, -0.2) is 0 Å². The predicted molar refractivity (Wildman–Crippen MR) is 77.2 cm³/mol. The van der Waals surface area contributed by atoms with Gasteiger partial charge in [0.2, 0.25) is 0 Å². The van der Waals surface area contributed by atoms with Gasteiger partial charge in [0.25, 0.3) is 0 Å². The molecule has 2 rings (SSSR count). The lowest BCUT2D eigenvalue weighted by molar-refractivity contribution is 0.407. The number of nitrogens with two attached hydrogens (primary N) is 1. The summed E-state index contributed by atoms with van der Waals surface area (Å²) >= 11 is 0. The Hall–Kier alpha value is -0.860. The van der Waals surface area contributed by atoms with Crippen molar-refractivity contribution in [2.24, 2.45) is 5.84 Å². The molecule has 0 saturated heterocycles. The van der Waals surface area contributed by atoms with Crippen molar-refractivity contribution in [3.8, 4) is 0 Å². The topological polar surface area (TPSA) is 38.0 Å². The van der Waals surface area contributed by atoms with Gasteiger partial charge in [-0.15, -0.1) is 0 Å². The van der Waals surface area contributed by atoms with Crippen LogP contribution in [0.2, 0.25) is 0 Å². The first-order valence-corrected chi connectivity index (χ1v) is 7.41. The van der Waals surface area contributed by atoms with Crippen LogP contribution in [-0.2, 0) is 0 Å². The molecule has 18 heavy (non-hydrogen) atoms. The molecule has 0 aromatic heterocycles. The average molecular weight is 246 g/mol. The molecule has 1 aliphatic rings. The molecule has 1 aromatic carbocycles. The minimum atomic E-state index is 0.327. The standard InChI is InChI=1S/C16H26N2/c1-2-3-4-12-16(18-17)15-11-6-5-10-14(15)13-8-7-9-13/h5-6,10-11,13,16,18H,2-4,7-9,12,17H2,1H3. The Kier molecular flexibility index (Phi) is 5.21. The van der Waals surface area contributed by atoms with Gasteiger partial charge in [0.15, 0.2) is 0 Å². The summed E-state index contributed by atoms with van der Waals surface area (Å²) in [6.45, 7) is 2.24. The van der Waals surface area contributed by atoms with Crippen molar-refractivity contribution >= 4 is 0 Å². The van der Waals surface area contributed by atoms with Gasteiger partial charge in [0.05, 0.1) is 0 Å². The fourth-order valence-electron chi connectivity index (χ4n) is 2.85. The minimum absolute atomic E-state index is 0.327. The zero-order valence-electron chi connectivity index (χ0n) is 11.5. The SMILES string of the molecule is CCCCCC(NN)c1ccccc1C1CCC1. The lowest BCUT2D eigenvalue weighted by Crippen LogP contribution is -2.29. The van der Waals surface area contributed by atoms with Gasteiger partial charge in [-0.1, -0.05) is 56.9 Å². The van der Waals surface area contributed by atoms with Crippen molar-refractivity contribution in [2.45, 2.75) is 63.8 Å². The third kappa shape index (κ3) is 3.12. The van der Waals surface area contributed by atoms with Crippen LogP contribution in [0.3, 0.4) is 0 Å². The normalized spacial score (nSPS) is 17.4. The van der Waals surface area contributed by atoms with Crippen LogP contribution in [0.5, 0.6) is 0 Å². The zero-order chi connectivity index (χ0) is 12.8. The van der Waals surface area contributed by atoms with Gasteiger partial charge in [0, 0.05) is 6.04 Å². The third-order valence-electron chi connectivity index (χ3n) is 4.21. The molecular formula is C16H26N2. The van der Waals surface area contributed by atoms with Gasteiger partial charge >= 0.3 is 0 Å². The van der Waals surface area contributed by atoms with E-state index in [1.54, 1.807) is 0 Å². The molecule has 1 aromatic rings. The Morgan fingerprint density at radius 1 is 1.28 bits per heavy atom. The van der Waals surface area contributed by atoms with Crippen molar-refractivity contribution in [2.75, 3.05) is 0 Å². The van der Waals surface area contributed by atoms with E-state index < -0.39 is 0 Å². The van der Waals surface area contributed by atoms with Crippen LogP contribution in [0.15, 0.2) is 24.3 Å². The molecule has 1 aliphatic carbocycles. The quantitative estimate of drug-likeness (QED) is 0.433. The summed E-state index contributed by atoms with van der Waals surface area (Å²) in [5, 5.41) is 0. The maximum Gasteiger partial charge on any atom is 0.0462 e. The molecule has 0 spiro atoms. The van der Waals surface area contributed by atoms with Crippen molar-refractivity contribution in [3.63, 3.8) is 0 Å². The molecule has 0 radical (unpaired) electrons. The molecular weight excluding hydrogens is 220 g/mol. The van der Waals surface area contributed by atoms with E-state index in [0.29, 0.717) is 6.04 Å². The molecule has 2 nitrogen and oxygen atoms in total. The van der Waals surface area contributed by atoms with E-state index in [9.17, 15) is 0 Å². The Bertz CT molecular complexity index is 358. The van der Waals surface area contributed by atoms with Crippen LogP contribution >= 0.6 is 0 Å². The molecule has 2 heteroatoms. The second-order valence-corrected chi connectivity index (χ2v) is 5.47. The van der Waals surface area contributed by atoms with Crippen LogP contribution in [0.25, 0.3) is 0 Å². The van der Waals surface area contributed by atoms with E-state index in [-0.39, 0.29) is 0 Å². The number of hydrazine groups is 1. The summed E-state index contributed by atoms with van der Waals surface area (Å²) < 4.78 is 0. The second kappa shape index (κ2) is 6.91. The number of unbranched alkanes of at least 4 members (excludes halogenated alkanes) is 2. The Balaban J connectivity index is 2.08. The number of benzene rings is 1. The number of hydrogen-bond acceptors (Lipinski definition) is 2. The van der Waals surface area contributed by atoms with E-state index in [1.165, 1.54) is 49.7 Å². The van der Waals surface area contributed by atoms with Gasteiger partial charge in [-0.05, 0) is 36.3 Å². The van der Waals surface area contributed by atoms with Crippen molar-refractivity contribution < 1.29 is 0 Å². The van der Waals surface area contributed by atoms with E-state index in [4.69, 9.17) is 5.84 Å². The summed E-state index contributed by atoms with van der Waals surface area (Å²) in [4.78, 5) is 0. The Morgan fingerprint density at radius 3 is 2.67 bits per heavy atom. The lowest BCUT2D eigenvalue weighted by Gasteiger charge is -2.30. The highest BCUT2D eigenvalue weighted by Gasteiger charge is 2.24. The smallest absolute Gasteiger partial charge is 0.0462 e. The summed E-state index contributed by atoms with van der Waals surface area (Å²) in [7, 11) is 0. The minimum Gasteiger partial charge on any atom is -0.271 e. The summed E-state index contributed by atoms with van der Waals surface area (Å²) in [6.07, 6.45) is 9.05. The Morgan fingerprint density at radius 2 is 2.06 bits per heavy atom. The molecule has 100 valence electrons. The largest absolute Gasteiger partial charge is 0.271 e. The van der Waals surface area contributed by atoms with Crippen LogP contribution < -0.4 is 11.3 Å². The fraction of sp³-hybridized carbons (Fsp3) is 0.625. The first-order valence-electron chi connectivity index (χ1n) is 7.41. The number of rotatable bonds is 7.